The van der Waals surface area contributed by atoms with Crippen molar-refractivity contribution in [3.63, 3.8) is 0 Å². The maximum absolute atomic E-state index is 14.3. The fourth-order valence-electron chi connectivity index (χ4n) is 6.50. The predicted octanol–water partition coefficient (Wildman–Crippen LogP) is 7.47. The molecular formula is C40H43N3O7. The molecule has 4 aromatic rings. The van der Waals surface area contributed by atoms with Crippen LogP contribution in [0, 0.1) is 23.7 Å². The second-order valence-corrected chi connectivity index (χ2v) is 12.4. The minimum absolute atomic E-state index is 0.233. The molecule has 2 unspecified atom stereocenters. The van der Waals surface area contributed by atoms with Gasteiger partial charge in [0.2, 0.25) is 11.8 Å². The van der Waals surface area contributed by atoms with Gasteiger partial charge in [-0.15, -0.1) is 5.16 Å². The number of benzene rings is 4. The van der Waals surface area contributed by atoms with E-state index in [0.29, 0.717) is 48.9 Å². The lowest BCUT2D eigenvalue weighted by Gasteiger charge is -2.48. The van der Waals surface area contributed by atoms with Crippen LogP contribution in [0.2, 0.25) is 0 Å². The second-order valence-electron chi connectivity index (χ2n) is 12.4. The van der Waals surface area contributed by atoms with Crippen molar-refractivity contribution in [1.82, 2.24) is 9.80 Å². The van der Waals surface area contributed by atoms with E-state index in [1.165, 1.54) is 0 Å². The van der Waals surface area contributed by atoms with Gasteiger partial charge in [-0.25, -0.2) is 0 Å². The van der Waals surface area contributed by atoms with Crippen molar-refractivity contribution in [3.05, 3.63) is 120 Å². The first-order chi connectivity index (χ1) is 24.3. The van der Waals surface area contributed by atoms with Gasteiger partial charge in [-0.3, -0.25) is 14.4 Å². The van der Waals surface area contributed by atoms with E-state index >= 15 is 0 Å². The maximum Gasteiger partial charge on any atom is 0.308 e. The lowest BCUT2D eigenvalue weighted by Crippen LogP contribution is -2.62. The summed E-state index contributed by atoms with van der Waals surface area (Å²) in [5.41, 5.74) is 1.69. The summed E-state index contributed by atoms with van der Waals surface area (Å²) < 4.78 is 11.8. The Balaban J connectivity index is 1.34. The lowest BCUT2D eigenvalue weighted by molar-refractivity contribution is -0.173. The summed E-state index contributed by atoms with van der Waals surface area (Å²) in [5, 5.41) is 22.8. The highest BCUT2D eigenvalue weighted by Crippen LogP contribution is 2.48. The van der Waals surface area contributed by atoms with Crippen molar-refractivity contribution in [3.8, 4) is 23.0 Å². The van der Waals surface area contributed by atoms with Crippen molar-refractivity contribution in [2.24, 2.45) is 28.8 Å². The zero-order chi connectivity index (χ0) is 35.5. The molecule has 1 fully saturated rings. The summed E-state index contributed by atoms with van der Waals surface area (Å²) in [6.45, 7) is 5.15. The molecule has 260 valence electrons. The molecule has 0 aliphatic heterocycles. The molecule has 2 N–H and O–H groups in total. The molecule has 50 heavy (non-hydrogen) atoms. The summed E-state index contributed by atoms with van der Waals surface area (Å²) in [7, 11) is 0. The number of carbonyl (C=O) groups excluding carboxylic acids is 2. The number of aliphatic carboxylic acids is 1. The molecule has 2 amide bonds. The molecule has 10 nitrogen and oxygen atoms in total. The summed E-state index contributed by atoms with van der Waals surface area (Å²) in [6.07, 6.45) is 2.37. The van der Waals surface area contributed by atoms with Gasteiger partial charge in [-0.1, -0.05) is 74.5 Å². The molecule has 0 bridgehead atoms. The van der Waals surface area contributed by atoms with Crippen LogP contribution in [0.15, 0.2) is 114 Å². The Morgan fingerprint density at radius 2 is 1.02 bits per heavy atom. The van der Waals surface area contributed by atoms with Crippen LogP contribution in [-0.4, -0.2) is 57.2 Å². The molecule has 1 saturated carbocycles. The van der Waals surface area contributed by atoms with Crippen LogP contribution in [-0.2, 0) is 27.5 Å². The number of ether oxygens (including phenoxy) is 2. The Kier molecular flexibility index (Phi) is 12.2. The molecular weight excluding hydrogens is 634 g/mol. The molecule has 0 saturated heterocycles. The molecule has 10 heteroatoms. The first kappa shape index (κ1) is 35.7. The number of rotatable bonds is 16. The Bertz CT molecular complexity index is 1730. The maximum atomic E-state index is 14.3. The third-order valence-corrected chi connectivity index (χ3v) is 8.86. The van der Waals surface area contributed by atoms with Crippen LogP contribution in [0.5, 0.6) is 23.0 Å². The van der Waals surface area contributed by atoms with E-state index in [0.717, 1.165) is 17.3 Å². The minimum Gasteiger partial charge on any atom is -0.481 e. The van der Waals surface area contributed by atoms with Crippen LogP contribution in [0.1, 0.15) is 37.8 Å². The van der Waals surface area contributed by atoms with Gasteiger partial charge in [-0.2, -0.15) is 0 Å². The fourth-order valence-corrected chi connectivity index (χ4v) is 6.50. The molecule has 1 aliphatic carbocycles. The van der Waals surface area contributed by atoms with E-state index < -0.39 is 35.5 Å². The smallest absolute Gasteiger partial charge is 0.308 e. The Morgan fingerprint density at radius 1 is 0.620 bits per heavy atom. The third-order valence-electron chi connectivity index (χ3n) is 8.86. The number of carboxylic acid groups (broad SMARTS) is 1. The monoisotopic (exact) mass is 677 g/mol. The zero-order valence-electron chi connectivity index (χ0n) is 28.3. The number of nitrogens with zero attached hydrogens (tertiary/aromatic N) is 3. The van der Waals surface area contributed by atoms with Gasteiger partial charge < -0.3 is 29.6 Å². The summed E-state index contributed by atoms with van der Waals surface area (Å²) in [6, 6.07) is 33.6. The van der Waals surface area contributed by atoms with Crippen molar-refractivity contribution >= 4 is 24.0 Å². The van der Waals surface area contributed by atoms with E-state index in [1.807, 2.05) is 123 Å². The fraction of sp³-hybridized carbons (Fsp3) is 0.300. The molecule has 4 atom stereocenters. The quantitative estimate of drug-likeness (QED) is 0.0715. The molecule has 5 rings (SSSR count). The van der Waals surface area contributed by atoms with E-state index in [4.69, 9.17) is 9.47 Å². The number of hydrogen-bond donors (Lipinski definition) is 2. The first-order valence-corrected chi connectivity index (χ1v) is 16.9. The lowest BCUT2D eigenvalue weighted by atomic mass is 9.55. The minimum atomic E-state index is -1.22. The van der Waals surface area contributed by atoms with E-state index in [-0.39, 0.29) is 19.0 Å². The highest BCUT2D eigenvalue weighted by Gasteiger charge is 2.61. The van der Waals surface area contributed by atoms with Crippen LogP contribution < -0.4 is 9.47 Å². The number of carbonyl (C=O) groups is 3. The normalized spacial score (nSPS) is 18.2. The molecule has 0 aromatic heterocycles. The van der Waals surface area contributed by atoms with Crippen LogP contribution >= 0.6 is 0 Å². The highest BCUT2D eigenvalue weighted by atomic mass is 16.5. The zero-order valence-corrected chi connectivity index (χ0v) is 28.3. The third kappa shape index (κ3) is 8.68. The van der Waals surface area contributed by atoms with Gasteiger partial charge in [0.25, 0.3) is 0 Å². The molecule has 0 spiro atoms. The number of para-hydroxylation sites is 2. The van der Waals surface area contributed by atoms with Gasteiger partial charge >= 0.3 is 5.97 Å². The average Bonchev–Trinajstić information content (AvgIpc) is 3.11. The van der Waals surface area contributed by atoms with Crippen LogP contribution in [0.3, 0.4) is 0 Å². The Morgan fingerprint density at radius 3 is 1.40 bits per heavy atom. The second kappa shape index (κ2) is 17.1. The number of amides is 2. The predicted molar refractivity (Wildman–Crippen MR) is 189 cm³/mol. The van der Waals surface area contributed by atoms with Crippen molar-refractivity contribution in [2.75, 3.05) is 13.1 Å². The molecule has 0 radical (unpaired) electrons. The molecule has 4 aromatic carbocycles. The van der Waals surface area contributed by atoms with Crippen LogP contribution in [0.25, 0.3) is 0 Å². The molecule has 1 aliphatic rings. The largest absolute Gasteiger partial charge is 0.481 e. The SMILES string of the molecule is CCCN(Cc1ccc(Oc2ccccc2)cc1)C(=O)C1C(C(=O)O)[C@H](C=NO)[C@@H]1C(=O)N(CCC)Cc1ccc(Oc2ccccc2)cc1. The standard InChI is InChI=1S/C40H43N3O7/c1-3-23-42(26-28-15-19-32(20-16-28)49-30-11-7-5-8-12-30)38(44)35-34(25-41-48)36(40(46)47)37(35)39(45)43(24-4-2)27-29-17-21-33(22-18-29)50-31-13-9-6-10-14-31/h5-22,25,34-37,48H,3-4,23-24,26-27H2,1-2H3,(H,46,47)/t34-,35+,36?,37?/m1/s1. The Hall–Kier alpha value is -5.64. The Labute approximate surface area is 292 Å². The van der Waals surface area contributed by atoms with Crippen LogP contribution in [0.4, 0.5) is 0 Å². The summed E-state index contributed by atoms with van der Waals surface area (Å²) in [4.78, 5) is 44.4. The van der Waals surface area contributed by atoms with Crippen molar-refractivity contribution in [1.29, 1.82) is 0 Å². The van der Waals surface area contributed by atoms with Crippen molar-refractivity contribution in [2.45, 2.75) is 39.8 Å². The van der Waals surface area contributed by atoms with Gasteiger partial charge in [0.05, 0.1) is 17.8 Å². The average molecular weight is 678 g/mol. The van der Waals surface area contributed by atoms with E-state index in [9.17, 15) is 24.7 Å². The number of oxime groups is 1. The van der Waals surface area contributed by atoms with Gasteiger partial charge in [0.1, 0.15) is 23.0 Å². The van der Waals surface area contributed by atoms with Gasteiger partial charge in [0.15, 0.2) is 0 Å². The van der Waals surface area contributed by atoms with Gasteiger partial charge in [-0.05, 0) is 72.5 Å². The van der Waals surface area contributed by atoms with Crippen molar-refractivity contribution < 1.29 is 34.2 Å². The molecule has 0 heterocycles. The van der Waals surface area contributed by atoms with Gasteiger partial charge in [0, 0.05) is 38.3 Å². The number of hydrogen-bond acceptors (Lipinski definition) is 7. The summed E-state index contributed by atoms with van der Waals surface area (Å²) >= 11 is 0. The highest BCUT2D eigenvalue weighted by molar-refractivity contribution is 5.98. The first-order valence-electron chi connectivity index (χ1n) is 16.9. The topological polar surface area (TPSA) is 129 Å². The van der Waals surface area contributed by atoms with E-state index in [1.54, 1.807) is 9.80 Å². The number of carboxylic acids is 1. The summed E-state index contributed by atoms with van der Waals surface area (Å²) in [5.74, 6) is -3.57. The van der Waals surface area contributed by atoms with E-state index in [2.05, 4.69) is 5.16 Å².